The second-order valence-corrected chi connectivity index (χ2v) is 5.61. The number of rotatable bonds is 4. The van der Waals surface area contributed by atoms with Gasteiger partial charge in [-0.3, -0.25) is 0 Å². The van der Waals surface area contributed by atoms with Crippen molar-refractivity contribution in [2.75, 3.05) is 0 Å². The maximum Gasteiger partial charge on any atom is 0.573 e. The van der Waals surface area contributed by atoms with E-state index < -0.39 is 24.1 Å². The summed E-state index contributed by atoms with van der Waals surface area (Å²) in [5, 5.41) is 19.3. The molecule has 0 bridgehead atoms. The van der Waals surface area contributed by atoms with E-state index in [0.29, 0.717) is 5.56 Å². The largest absolute Gasteiger partial charge is 0.573 e. The predicted molar refractivity (Wildman–Crippen MR) is 89.2 cm³/mol. The van der Waals surface area contributed by atoms with Crippen LogP contribution in [0.2, 0.25) is 0 Å². The highest BCUT2D eigenvalue weighted by Gasteiger charge is 2.31. The van der Waals surface area contributed by atoms with Crippen molar-refractivity contribution in [3.63, 3.8) is 0 Å². The van der Waals surface area contributed by atoms with Crippen LogP contribution in [0.4, 0.5) is 13.2 Å². The Kier molecular flexibility index (Phi) is 6.69. The molecule has 0 aliphatic heterocycles. The van der Waals surface area contributed by atoms with Crippen molar-refractivity contribution < 1.29 is 32.9 Å². The van der Waals surface area contributed by atoms with Crippen LogP contribution < -0.4 is 10.5 Å². The van der Waals surface area contributed by atoms with Crippen molar-refractivity contribution in [1.29, 1.82) is 0 Å². The summed E-state index contributed by atoms with van der Waals surface area (Å²) in [4.78, 5) is 11.3. The quantitative estimate of drug-likeness (QED) is 0.659. The lowest BCUT2D eigenvalue weighted by Crippen LogP contribution is -2.18. The lowest BCUT2D eigenvalue weighted by molar-refractivity contribution is -0.274. The minimum atomic E-state index is -4.82. The maximum atomic E-state index is 12.2. The SMILES string of the molecule is Cl.N[C@H](c1ccc(OC(F)(F)F)cc1)c1c(C(=O)O)ccc(Br)c1O. The smallest absolute Gasteiger partial charge is 0.506 e. The number of carboxylic acid groups (broad SMARTS) is 1. The van der Waals surface area contributed by atoms with Gasteiger partial charge in [0.05, 0.1) is 16.1 Å². The van der Waals surface area contributed by atoms with Crippen LogP contribution in [0.1, 0.15) is 27.5 Å². The van der Waals surface area contributed by atoms with E-state index in [9.17, 15) is 28.2 Å². The second-order valence-electron chi connectivity index (χ2n) is 4.76. The lowest BCUT2D eigenvalue weighted by atomic mass is 9.94. The Balaban J connectivity index is 0.00000312. The summed E-state index contributed by atoms with van der Waals surface area (Å²) in [6, 6.07) is 6.19. The fourth-order valence-corrected chi connectivity index (χ4v) is 2.47. The molecule has 0 aliphatic rings. The van der Waals surface area contributed by atoms with Crippen LogP contribution >= 0.6 is 28.3 Å². The van der Waals surface area contributed by atoms with Crippen LogP contribution in [0.3, 0.4) is 0 Å². The number of aromatic hydroxyl groups is 1. The van der Waals surface area contributed by atoms with Crippen LogP contribution in [0.25, 0.3) is 0 Å². The molecular formula is C15H12BrClF3NO4. The first-order valence-electron chi connectivity index (χ1n) is 6.46. The van der Waals surface area contributed by atoms with Crippen molar-refractivity contribution in [3.8, 4) is 11.5 Å². The van der Waals surface area contributed by atoms with Gasteiger partial charge in [0, 0.05) is 5.56 Å². The van der Waals surface area contributed by atoms with E-state index in [1.807, 2.05) is 0 Å². The number of benzene rings is 2. The van der Waals surface area contributed by atoms with Gasteiger partial charge in [0.1, 0.15) is 11.5 Å². The number of nitrogens with two attached hydrogens (primary N) is 1. The molecule has 0 saturated heterocycles. The summed E-state index contributed by atoms with van der Waals surface area (Å²) < 4.78 is 40.5. The molecule has 0 spiro atoms. The van der Waals surface area contributed by atoms with Crippen LogP contribution in [0, 0.1) is 0 Å². The average Bonchev–Trinajstić information content (AvgIpc) is 2.48. The third-order valence-electron chi connectivity index (χ3n) is 3.18. The van der Waals surface area contributed by atoms with Crippen LogP contribution in [-0.2, 0) is 0 Å². The summed E-state index contributed by atoms with van der Waals surface area (Å²) in [5.74, 6) is -2.08. The van der Waals surface area contributed by atoms with Gasteiger partial charge in [0.25, 0.3) is 0 Å². The molecule has 25 heavy (non-hydrogen) atoms. The first-order valence-corrected chi connectivity index (χ1v) is 7.25. The molecule has 136 valence electrons. The number of alkyl halides is 3. The Morgan fingerprint density at radius 2 is 1.72 bits per heavy atom. The molecule has 10 heteroatoms. The minimum absolute atomic E-state index is 0. The summed E-state index contributed by atoms with van der Waals surface area (Å²) in [7, 11) is 0. The second kappa shape index (κ2) is 7.94. The van der Waals surface area contributed by atoms with E-state index in [1.165, 1.54) is 24.3 Å². The third-order valence-corrected chi connectivity index (χ3v) is 3.82. The molecule has 5 nitrogen and oxygen atoms in total. The first-order chi connectivity index (χ1) is 11.1. The lowest BCUT2D eigenvalue weighted by Gasteiger charge is -2.18. The van der Waals surface area contributed by atoms with Gasteiger partial charge in [0.15, 0.2) is 0 Å². The van der Waals surface area contributed by atoms with E-state index in [-0.39, 0.29) is 33.8 Å². The van der Waals surface area contributed by atoms with Gasteiger partial charge >= 0.3 is 12.3 Å². The number of ether oxygens (including phenoxy) is 1. The highest BCUT2D eigenvalue weighted by atomic mass is 79.9. The highest BCUT2D eigenvalue weighted by molar-refractivity contribution is 9.10. The van der Waals surface area contributed by atoms with E-state index in [0.717, 1.165) is 12.1 Å². The molecule has 0 aliphatic carbocycles. The summed E-state index contributed by atoms with van der Waals surface area (Å²) >= 11 is 3.07. The highest BCUT2D eigenvalue weighted by Crippen LogP contribution is 2.37. The van der Waals surface area contributed by atoms with E-state index in [1.54, 1.807) is 0 Å². The molecule has 0 unspecified atom stereocenters. The number of hydrogen-bond acceptors (Lipinski definition) is 4. The van der Waals surface area contributed by atoms with Gasteiger partial charge in [0.2, 0.25) is 0 Å². The fourth-order valence-electron chi connectivity index (χ4n) is 2.13. The van der Waals surface area contributed by atoms with Gasteiger partial charge < -0.3 is 20.7 Å². The zero-order valence-electron chi connectivity index (χ0n) is 12.2. The summed E-state index contributed by atoms with van der Waals surface area (Å²) in [6.45, 7) is 0. The Morgan fingerprint density at radius 1 is 1.16 bits per heavy atom. The van der Waals surface area contributed by atoms with Crippen molar-refractivity contribution in [2.45, 2.75) is 12.4 Å². The van der Waals surface area contributed by atoms with Gasteiger partial charge in [-0.15, -0.1) is 25.6 Å². The Labute approximate surface area is 154 Å². The maximum absolute atomic E-state index is 12.2. The Bertz CT molecular complexity index is 769. The minimum Gasteiger partial charge on any atom is -0.506 e. The first kappa shape index (κ1) is 21.1. The zero-order valence-corrected chi connectivity index (χ0v) is 14.7. The van der Waals surface area contributed by atoms with Gasteiger partial charge in [-0.1, -0.05) is 12.1 Å². The number of carbonyl (C=O) groups is 1. The number of phenolic OH excluding ortho intramolecular Hbond substituents is 1. The zero-order chi connectivity index (χ0) is 18.1. The van der Waals surface area contributed by atoms with Crippen LogP contribution in [-0.4, -0.2) is 22.5 Å². The normalized spacial score (nSPS) is 12.2. The number of halogens is 5. The van der Waals surface area contributed by atoms with Crippen molar-refractivity contribution in [3.05, 3.63) is 57.6 Å². The van der Waals surface area contributed by atoms with Crippen molar-refractivity contribution in [2.24, 2.45) is 5.73 Å². The van der Waals surface area contributed by atoms with Gasteiger partial charge in [-0.05, 0) is 45.8 Å². The monoisotopic (exact) mass is 441 g/mol. The number of aromatic carboxylic acids is 1. The molecule has 0 aromatic heterocycles. The molecule has 0 radical (unpaired) electrons. The standard InChI is InChI=1S/C15H11BrF3NO4.ClH/c16-10-6-5-9(14(22)23)11(13(10)21)12(20)7-1-3-8(4-2-7)24-15(17,18)19;/h1-6,12,21H,20H2,(H,22,23);1H/t12-;/m1./s1. The Morgan fingerprint density at radius 3 is 2.20 bits per heavy atom. The van der Waals surface area contributed by atoms with Crippen LogP contribution in [0.15, 0.2) is 40.9 Å². The average molecular weight is 443 g/mol. The molecular weight excluding hydrogens is 431 g/mol. The van der Waals surface area contributed by atoms with Crippen molar-refractivity contribution >= 4 is 34.3 Å². The van der Waals surface area contributed by atoms with Gasteiger partial charge in [-0.25, -0.2) is 4.79 Å². The molecule has 0 fully saturated rings. The van der Waals surface area contributed by atoms with Gasteiger partial charge in [-0.2, -0.15) is 0 Å². The molecule has 0 heterocycles. The topological polar surface area (TPSA) is 92.8 Å². The molecule has 4 N–H and O–H groups in total. The number of carboxylic acids is 1. The third kappa shape index (κ3) is 5.00. The molecule has 1 atom stereocenters. The molecule has 0 amide bonds. The number of phenols is 1. The predicted octanol–water partition coefficient (Wildman–Crippen LogP) is 4.22. The fraction of sp³-hybridized carbons (Fsp3) is 0.133. The molecule has 2 rings (SSSR count). The van der Waals surface area contributed by atoms with E-state index in [4.69, 9.17) is 5.73 Å². The molecule has 0 saturated carbocycles. The summed E-state index contributed by atoms with van der Waals surface area (Å²) in [5.41, 5.74) is 6.04. The summed E-state index contributed by atoms with van der Waals surface area (Å²) in [6.07, 6.45) is -4.82. The van der Waals surface area contributed by atoms with E-state index >= 15 is 0 Å². The number of hydrogen-bond donors (Lipinski definition) is 3. The van der Waals surface area contributed by atoms with E-state index in [2.05, 4.69) is 20.7 Å². The van der Waals surface area contributed by atoms with Crippen molar-refractivity contribution in [1.82, 2.24) is 0 Å². The molecule has 2 aromatic carbocycles. The van der Waals surface area contributed by atoms with Crippen LogP contribution in [0.5, 0.6) is 11.5 Å². The molecule has 2 aromatic rings. The Hall–Kier alpha value is -1.97.